The zero-order valence-corrected chi connectivity index (χ0v) is 16.2. The lowest BCUT2D eigenvalue weighted by atomic mass is 10.1. The Kier molecular flexibility index (Phi) is 11.6. The van der Waals surface area contributed by atoms with Crippen molar-refractivity contribution in [3.05, 3.63) is 29.8 Å². The van der Waals surface area contributed by atoms with Crippen LogP contribution in [0.1, 0.15) is 81.5 Å². The molecule has 1 rings (SSSR count). The van der Waals surface area contributed by atoms with E-state index in [4.69, 9.17) is 9.84 Å². The lowest BCUT2D eigenvalue weighted by Crippen LogP contribution is -2.25. The summed E-state index contributed by atoms with van der Waals surface area (Å²) < 4.78 is 5.36. The van der Waals surface area contributed by atoms with Gasteiger partial charge in [0.05, 0.1) is 5.56 Å². The van der Waals surface area contributed by atoms with E-state index < -0.39 is 5.97 Å². The second-order valence-corrected chi connectivity index (χ2v) is 6.59. The van der Waals surface area contributed by atoms with Gasteiger partial charge in [-0.05, 0) is 31.4 Å². The number of para-hydroxylation sites is 1. The van der Waals surface area contributed by atoms with E-state index in [1.807, 2.05) is 0 Å². The number of carbonyl (C=O) groups excluding carboxylic acids is 2. The van der Waals surface area contributed by atoms with Crippen LogP contribution in [0.4, 0.5) is 0 Å². The van der Waals surface area contributed by atoms with Gasteiger partial charge in [-0.25, -0.2) is 0 Å². The second-order valence-electron chi connectivity index (χ2n) is 6.59. The van der Waals surface area contributed by atoms with E-state index >= 15 is 0 Å². The second kappa shape index (κ2) is 13.8. The summed E-state index contributed by atoms with van der Waals surface area (Å²) >= 11 is 0. The van der Waals surface area contributed by atoms with Crippen molar-refractivity contribution in [2.24, 2.45) is 0 Å². The van der Waals surface area contributed by atoms with Crippen molar-refractivity contribution < 1.29 is 24.2 Å². The summed E-state index contributed by atoms with van der Waals surface area (Å²) in [5.41, 5.74) is 0.364. The Morgan fingerprint density at radius 3 is 2.33 bits per heavy atom. The first-order valence-electron chi connectivity index (χ1n) is 9.84. The third kappa shape index (κ3) is 10.4. The highest BCUT2D eigenvalue weighted by atomic mass is 16.5. The standard InChI is InChI=1S/C21H31NO5/c1-2-3-7-15-20(25)27-18-13-10-9-12-17(18)21(26)22-16-11-6-4-5-8-14-19(23)24/h9-10,12-13H,2-8,11,14-16H2,1H3,(H,22,26)(H,23,24). The number of carboxylic acids is 1. The molecule has 0 aromatic heterocycles. The van der Waals surface area contributed by atoms with Gasteiger partial charge < -0.3 is 15.2 Å². The average molecular weight is 377 g/mol. The van der Waals surface area contributed by atoms with Crippen LogP contribution < -0.4 is 10.1 Å². The van der Waals surface area contributed by atoms with Gasteiger partial charge in [0, 0.05) is 19.4 Å². The molecule has 0 fully saturated rings. The molecule has 0 radical (unpaired) electrons. The summed E-state index contributed by atoms with van der Waals surface area (Å²) in [6.07, 6.45) is 7.67. The van der Waals surface area contributed by atoms with E-state index in [0.29, 0.717) is 30.7 Å². The lowest BCUT2D eigenvalue weighted by molar-refractivity contribution is -0.137. The fourth-order valence-electron chi connectivity index (χ4n) is 2.66. The summed E-state index contributed by atoms with van der Waals surface area (Å²) in [6, 6.07) is 6.76. The van der Waals surface area contributed by atoms with Crippen molar-refractivity contribution in [3.63, 3.8) is 0 Å². The summed E-state index contributed by atoms with van der Waals surface area (Å²) in [5, 5.41) is 11.4. The number of nitrogens with one attached hydrogen (secondary N) is 1. The molecule has 1 aromatic carbocycles. The topological polar surface area (TPSA) is 92.7 Å². The number of carboxylic acid groups (broad SMARTS) is 1. The number of amides is 1. The van der Waals surface area contributed by atoms with Crippen LogP contribution in [0.3, 0.4) is 0 Å². The molecule has 0 unspecified atom stereocenters. The van der Waals surface area contributed by atoms with E-state index in [-0.39, 0.29) is 18.3 Å². The van der Waals surface area contributed by atoms with Gasteiger partial charge in [-0.1, -0.05) is 51.2 Å². The van der Waals surface area contributed by atoms with E-state index in [0.717, 1.165) is 44.9 Å². The predicted molar refractivity (Wildman–Crippen MR) is 104 cm³/mol. The van der Waals surface area contributed by atoms with Crippen LogP contribution in [-0.2, 0) is 9.59 Å². The van der Waals surface area contributed by atoms with Gasteiger partial charge in [-0.15, -0.1) is 0 Å². The molecular weight excluding hydrogens is 346 g/mol. The Morgan fingerprint density at radius 2 is 1.59 bits per heavy atom. The Labute approximate surface area is 161 Å². The number of hydrogen-bond acceptors (Lipinski definition) is 4. The molecule has 6 heteroatoms. The molecule has 27 heavy (non-hydrogen) atoms. The number of unbranched alkanes of at least 4 members (excludes halogenated alkanes) is 6. The fourth-order valence-corrected chi connectivity index (χ4v) is 2.66. The maximum absolute atomic E-state index is 12.3. The molecule has 150 valence electrons. The highest BCUT2D eigenvalue weighted by molar-refractivity contribution is 5.97. The van der Waals surface area contributed by atoms with Crippen molar-refractivity contribution in [1.29, 1.82) is 0 Å². The molecule has 0 aliphatic carbocycles. The Balaban J connectivity index is 2.33. The molecule has 0 saturated heterocycles. The number of aliphatic carboxylic acids is 1. The first-order valence-corrected chi connectivity index (χ1v) is 9.84. The normalized spacial score (nSPS) is 10.4. The maximum atomic E-state index is 12.3. The van der Waals surface area contributed by atoms with Crippen LogP contribution in [0.5, 0.6) is 5.75 Å². The summed E-state index contributed by atoms with van der Waals surface area (Å²) in [6.45, 7) is 2.61. The minimum Gasteiger partial charge on any atom is -0.481 e. The van der Waals surface area contributed by atoms with Gasteiger partial charge >= 0.3 is 11.9 Å². The molecule has 0 aliphatic heterocycles. The first-order chi connectivity index (χ1) is 13.0. The third-order valence-electron chi connectivity index (χ3n) is 4.19. The quantitative estimate of drug-likeness (QED) is 0.286. The number of benzene rings is 1. The zero-order valence-electron chi connectivity index (χ0n) is 16.2. The number of esters is 1. The van der Waals surface area contributed by atoms with Crippen molar-refractivity contribution in [1.82, 2.24) is 5.32 Å². The Hall–Kier alpha value is -2.37. The van der Waals surface area contributed by atoms with Crippen molar-refractivity contribution >= 4 is 17.8 Å². The van der Waals surface area contributed by atoms with Crippen molar-refractivity contribution in [2.45, 2.75) is 71.1 Å². The van der Waals surface area contributed by atoms with E-state index in [9.17, 15) is 14.4 Å². The van der Waals surface area contributed by atoms with Crippen LogP contribution in [0.2, 0.25) is 0 Å². The van der Waals surface area contributed by atoms with Crippen LogP contribution in [0.25, 0.3) is 0 Å². The van der Waals surface area contributed by atoms with Gasteiger partial charge in [0.25, 0.3) is 5.91 Å². The predicted octanol–water partition coefficient (Wildman–Crippen LogP) is 4.33. The molecular formula is C21H31NO5. The monoisotopic (exact) mass is 377 g/mol. The summed E-state index contributed by atoms with van der Waals surface area (Å²) in [5.74, 6) is -1.03. The number of hydrogen-bond donors (Lipinski definition) is 2. The Morgan fingerprint density at radius 1 is 0.926 bits per heavy atom. The van der Waals surface area contributed by atoms with E-state index in [2.05, 4.69) is 12.2 Å². The molecule has 0 spiro atoms. The molecule has 0 heterocycles. The molecule has 0 saturated carbocycles. The van der Waals surface area contributed by atoms with E-state index in [1.165, 1.54) is 0 Å². The van der Waals surface area contributed by atoms with Crippen molar-refractivity contribution in [2.75, 3.05) is 6.54 Å². The first kappa shape index (κ1) is 22.7. The zero-order chi connectivity index (χ0) is 19.9. The van der Waals surface area contributed by atoms with Crippen LogP contribution in [0, 0.1) is 0 Å². The van der Waals surface area contributed by atoms with Crippen LogP contribution in [0.15, 0.2) is 24.3 Å². The van der Waals surface area contributed by atoms with Gasteiger partial charge in [0.15, 0.2) is 0 Å². The highest BCUT2D eigenvalue weighted by Crippen LogP contribution is 2.19. The molecule has 0 aliphatic rings. The van der Waals surface area contributed by atoms with Gasteiger partial charge in [0.1, 0.15) is 5.75 Å². The molecule has 0 bridgehead atoms. The molecule has 6 nitrogen and oxygen atoms in total. The molecule has 1 aromatic rings. The molecule has 1 amide bonds. The largest absolute Gasteiger partial charge is 0.481 e. The number of carbonyl (C=O) groups is 3. The van der Waals surface area contributed by atoms with Crippen LogP contribution in [-0.4, -0.2) is 29.5 Å². The minimum atomic E-state index is -0.757. The summed E-state index contributed by atoms with van der Waals surface area (Å²) in [4.78, 5) is 34.7. The molecule has 2 N–H and O–H groups in total. The van der Waals surface area contributed by atoms with Gasteiger partial charge in [-0.3, -0.25) is 14.4 Å². The van der Waals surface area contributed by atoms with Crippen LogP contribution >= 0.6 is 0 Å². The highest BCUT2D eigenvalue weighted by Gasteiger charge is 2.14. The van der Waals surface area contributed by atoms with Gasteiger partial charge in [-0.2, -0.15) is 0 Å². The number of ether oxygens (including phenoxy) is 1. The summed E-state index contributed by atoms with van der Waals surface area (Å²) in [7, 11) is 0. The Bertz CT molecular complexity index is 600. The third-order valence-corrected chi connectivity index (χ3v) is 4.19. The minimum absolute atomic E-state index is 0.213. The van der Waals surface area contributed by atoms with Crippen molar-refractivity contribution in [3.8, 4) is 5.75 Å². The fraction of sp³-hybridized carbons (Fsp3) is 0.571. The SMILES string of the molecule is CCCCCC(=O)Oc1ccccc1C(=O)NCCCCCCCC(=O)O. The average Bonchev–Trinajstić information content (AvgIpc) is 2.64. The smallest absolute Gasteiger partial charge is 0.311 e. The maximum Gasteiger partial charge on any atom is 0.311 e. The number of rotatable bonds is 14. The lowest BCUT2D eigenvalue weighted by Gasteiger charge is -2.10. The molecule has 0 atom stereocenters. The van der Waals surface area contributed by atoms with E-state index in [1.54, 1.807) is 24.3 Å². The van der Waals surface area contributed by atoms with Gasteiger partial charge in [0.2, 0.25) is 0 Å².